The largest absolute Gasteiger partial charge is 0.367 e. The Morgan fingerprint density at radius 1 is 1.14 bits per heavy atom. The SMILES string of the molecule is N#Cc1cnn2c(-c3cc(NC4(N)CC4)c(-c4nnc(N5CC6CCC(C5)N6)s4)cn3)ccc2c1. The zero-order valence-electron chi connectivity index (χ0n) is 19.0. The Hall–Kier alpha value is -3.59. The molecule has 1 saturated carbocycles. The summed E-state index contributed by atoms with van der Waals surface area (Å²) in [5, 5.41) is 31.7. The van der Waals surface area contributed by atoms with Crippen molar-refractivity contribution in [1.29, 1.82) is 5.26 Å². The van der Waals surface area contributed by atoms with E-state index < -0.39 is 5.66 Å². The van der Waals surface area contributed by atoms with Crippen LogP contribution in [0.5, 0.6) is 0 Å². The van der Waals surface area contributed by atoms with Gasteiger partial charge in [0.15, 0.2) is 5.01 Å². The lowest BCUT2D eigenvalue weighted by Crippen LogP contribution is -2.51. The van der Waals surface area contributed by atoms with E-state index >= 15 is 0 Å². The molecule has 10 nitrogen and oxygen atoms in total. The average Bonchev–Trinajstić information content (AvgIpc) is 3.25. The molecule has 176 valence electrons. The Labute approximate surface area is 205 Å². The minimum Gasteiger partial charge on any atom is -0.367 e. The van der Waals surface area contributed by atoms with Gasteiger partial charge in [-0.2, -0.15) is 10.4 Å². The van der Waals surface area contributed by atoms with Gasteiger partial charge < -0.3 is 21.3 Å². The fraction of sp³-hybridized carbons (Fsp3) is 0.375. The molecular formula is C24H24N10S. The molecule has 35 heavy (non-hydrogen) atoms. The van der Waals surface area contributed by atoms with E-state index in [0.717, 1.165) is 64.2 Å². The maximum absolute atomic E-state index is 9.18. The van der Waals surface area contributed by atoms with Gasteiger partial charge in [-0.15, -0.1) is 10.2 Å². The second kappa shape index (κ2) is 7.71. The maximum Gasteiger partial charge on any atom is 0.208 e. The van der Waals surface area contributed by atoms with E-state index in [-0.39, 0.29) is 0 Å². The van der Waals surface area contributed by atoms with Gasteiger partial charge in [-0.3, -0.25) is 4.98 Å². The number of piperazine rings is 1. The molecule has 2 bridgehead atoms. The van der Waals surface area contributed by atoms with Crippen LogP contribution < -0.4 is 21.3 Å². The summed E-state index contributed by atoms with van der Waals surface area (Å²) in [6.45, 7) is 1.95. The fourth-order valence-electron chi connectivity index (χ4n) is 5.06. The second-order valence-electron chi connectivity index (χ2n) is 9.74. The quantitative estimate of drug-likeness (QED) is 0.366. The van der Waals surface area contributed by atoms with Gasteiger partial charge in [0.1, 0.15) is 6.07 Å². The van der Waals surface area contributed by atoms with Crippen LogP contribution in [-0.2, 0) is 0 Å². The van der Waals surface area contributed by atoms with Crippen molar-refractivity contribution >= 4 is 27.7 Å². The molecule has 2 unspecified atom stereocenters. The summed E-state index contributed by atoms with van der Waals surface area (Å²) < 4.78 is 1.80. The number of hydrogen-bond acceptors (Lipinski definition) is 10. The lowest BCUT2D eigenvalue weighted by molar-refractivity contribution is 0.465. The summed E-state index contributed by atoms with van der Waals surface area (Å²) in [7, 11) is 0. The fourth-order valence-corrected chi connectivity index (χ4v) is 5.94. The highest BCUT2D eigenvalue weighted by Crippen LogP contribution is 2.40. The summed E-state index contributed by atoms with van der Waals surface area (Å²) in [4.78, 5) is 7.12. The van der Waals surface area contributed by atoms with Gasteiger partial charge in [-0.25, -0.2) is 4.52 Å². The highest BCUT2D eigenvalue weighted by atomic mass is 32.1. The third kappa shape index (κ3) is 3.70. The first kappa shape index (κ1) is 20.8. The van der Waals surface area contributed by atoms with Crippen molar-refractivity contribution in [2.45, 2.75) is 43.4 Å². The summed E-state index contributed by atoms with van der Waals surface area (Å²) in [6.07, 6.45) is 7.70. The zero-order chi connectivity index (χ0) is 23.6. The molecule has 4 N–H and O–H groups in total. The van der Waals surface area contributed by atoms with Crippen LogP contribution in [0.2, 0.25) is 0 Å². The Morgan fingerprint density at radius 3 is 2.74 bits per heavy atom. The predicted octanol–water partition coefficient (Wildman–Crippen LogP) is 2.59. The number of nitriles is 1. The smallest absolute Gasteiger partial charge is 0.208 e. The molecule has 2 aliphatic heterocycles. The van der Waals surface area contributed by atoms with E-state index in [1.54, 1.807) is 22.0 Å². The van der Waals surface area contributed by atoms with E-state index in [1.165, 1.54) is 12.8 Å². The molecule has 3 fully saturated rings. The number of rotatable bonds is 5. The molecule has 1 aliphatic carbocycles. The van der Waals surface area contributed by atoms with Gasteiger partial charge in [-0.05, 0) is 49.9 Å². The van der Waals surface area contributed by atoms with Crippen LogP contribution in [0.15, 0.2) is 36.7 Å². The molecule has 11 heteroatoms. The third-order valence-corrected chi connectivity index (χ3v) is 8.12. The molecule has 6 heterocycles. The Bertz CT molecular complexity index is 1470. The summed E-state index contributed by atoms with van der Waals surface area (Å²) in [6, 6.07) is 10.9. The molecule has 7 rings (SSSR count). The van der Waals surface area contributed by atoms with Crippen LogP contribution in [0.25, 0.3) is 27.5 Å². The molecular weight excluding hydrogens is 460 g/mol. The van der Waals surface area contributed by atoms with Crippen LogP contribution in [0, 0.1) is 11.3 Å². The van der Waals surface area contributed by atoms with Crippen LogP contribution in [-0.4, -0.2) is 55.6 Å². The second-order valence-corrected chi connectivity index (χ2v) is 10.7. The lowest BCUT2D eigenvalue weighted by atomic mass is 10.1. The van der Waals surface area contributed by atoms with Crippen molar-refractivity contribution in [2.24, 2.45) is 5.73 Å². The molecule has 4 aromatic rings. The van der Waals surface area contributed by atoms with E-state index in [9.17, 15) is 5.26 Å². The first-order chi connectivity index (χ1) is 17.1. The minimum absolute atomic E-state index is 0.403. The third-order valence-electron chi connectivity index (χ3n) is 7.10. The number of aromatic nitrogens is 5. The normalized spacial score (nSPS) is 22.3. The van der Waals surface area contributed by atoms with Gasteiger partial charge in [0.2, 0.25) is 5.13 Å². The maximum atomic E-state index is 9.18. The van der Waals surface area contributed by atoms with Crippen molar-refractivity contribution in [1.82, 2.24) is 30.1 Å². The Kier molecular flexibility index (Phi) is 4.57. The van der Waals surface area contributed by atoms with Crippen molar-refractivity contribution < 1.29 is 0 Å². The predicted molar refractivity (Wildman–Crippen MR) is 134 cm³/mol. The van der Waals surface area contributed by atoms with E-state index in [0.29, 0.717) is 17.6 Å². The molecule has 3 aliphatic rings. The minimum atomic E-state index is -0.403. The number of nitrogens with zero attached hydrogens (tertiary/aromatic N) is 7. The van der Waals surface area contributed by atoms with Crippen LogP contribution in [0.1, 0.15) is 31.2 Å². The lowest BCUT2D eigenvalue weighted by Gasteiger charge is -2.32. The topological polar surface area (TPSA) is 133 Å². The zero-order valence-corrected chi connectivity index (χ0v) is 19.8. The van der Waals surface area contributed by atoms with Crippen LogP contribution >= 0.6 is 11.3 Å². The number of hydrogen-bond donors (Lipinski definition) is 3. The van der Waals surface area contributed by atoms with E-state index in [4.69, 9.17) is 10.7 Å². The standard InChI is InChI=1S/C24H24N10S/c25-9-14-7-17-3-4-21(34(17)28-10-14)20-8-19(30-24(26)5-6-24)18(11-27-20)22-31-32-23(35-22)33-12-15-1-2-16(13-33)29-15/h3-4,7-8,10-11,15-16,29H,1-2,5-6,12-13,26H2,(H,27,30). The Balaban J connectivity index is 1.25. The summed E-state index contributed by atoms with van der Waals surface area (Å²) in [5.74, 6) is 0. The highest BCUT2D eigenvalue weighted by Gasteiger charge is 2.39. The molecule has 0 amide bonds. The Morgan fingerprint density at radius 2 is 1.97 bits per heavy atom. The van der Waals surface area contributed by atoms with Crippen molar-refractivity contribution in [3.8, 4) is 28.0 Å². The number of pyridine rings is 1. The molecule has 4 aromatic heterocycles. The van der Waals surface area contributed by atoms with Crippen LogP contribution in [0.4, 0.5) is 10.8 Å². The van der Waals surface area contributed by atoms with Crippen molar-refractivity contribution in [3.05, 3.63) is 42.2 Å². The van der Waals surface area contributed by atoms with Gasteiger partial charge in [-0.1, -0.05) is 11.3 Å². The molecule has 0 radical (unpaired) electrons. The van der Waals surface area contributed by atoms with Crippen molar-refractivity contribution in [2.75, 3.05) is 23.3 Å². The number of anilines is 2. The number of nitrogens with two attached hydrogens (primary N) is 1. The molecule has 0 spiro atoms. The monoisotopic (exact) mass is 484 g/mol. The van der Waals surface area contributed by atoms with Gasteiger partial charge >= 0.3 is 0 Å². The molecule has 2 saturated heterocycles. The highest BCUT2D eigenvalue weighted by molar-refractivity contribution is 7.18. The molecule has 0 aromatic carbocycles. The van der Waals surface area contributed by atoms with Gasteiger partial charge in [0.25, 0.3) is 0 Å². The van der Waals surface area contributed by atoms with Crippen molar-refractivity contribution in [3.63, 3.8) is 0 Å². The first-order valence-corrected chi connectivity index (χ1v) is 12.7. The number of fused-ring (bicyclic) bond motifs is 3. The molecule has 2 atom stereocenters. The first-order valence-electron chi connectivity index (χ1n) is 11.9. The van der Waals surface area contributed by atoms with E-state index in [1.807, 2.05) is 30.5 Å². The van der Waals surface area contributed by atoms with Gasteiger partial charge in [0, 0.05) is 37.1 Å². The van der Waals surface area contributed by atoms with Crippen LogP contribution in [0.3, 0.4) is 0 Å². The average molecular weight is 485 g/mol. The van der Waals surface area contributed by atoms with E-state index in [2.05, 4.69) is 36.9 Å². The number of nitrogens with one attached hydrogen (secondary N) is 2. The summed E-state index contributed by atoms with van der Waals surface area (Å²) in [5.41, 5.74) is 10.8. The van der Waals surface area contributed by atoms with Gasteiger partial charge in [0.05, 0.1) is 39.9 Å². The summed E-state index contributed by atoms with van der Waals surface area (Å²) >= 11 is 1.60.